The number of anilines is 1. The average Bonchev–Trinajstić information content (AvgIpc) is 3.63. The van der Waals surface area contributed by atoms with Gasteiger partial charge in [0.2, 0.25) is 0 Å². The fourth-order valence-corrected chi connectivity index (χ4v) is 5.09. The summed E-state index contributed by atoms with van der Waals surface area (Å²) < 4.78 is 6.63. The van der Waals surface area contributed by atoms with Crippen molar-refractivity contribution < 1.29 is 0 Å². The number of nitrogens with one attached hydrogen (secondary N) is 2. The molecule has 1 aliphatic heterocycles. The Hall–Kier alpha value is -1.42. The molecule has 1 atom stereocenters. The molecule has 3 fully saturated rings. The first-order chi connectivity index (χ1) is 14.4. The molecule has 2 aliphatic carbocycles. The Balaban J connectivity index is 1.61. The molecule has 2 aromatic heterocycles. The molecule has 5 nitrogen and oxygen atoms in total. The Morgan fingerprint density at radius 3 is 2.87 bits per heavy atom. The molecular formula is C23H28N5SSe. The maximum absolute atomic E-state index is 4.97. The van der Waals surface area contributed by atoms with Gasteiger partial charge in [-0.15, -0.1) is 0 Å². The van der Waals surface area contributed by atoms with Crippen molar-refractivity contribution in [3.8, 4) is 11.8 Å². The van der Waals surface area contributed by atoms with Gasteiger partial charge in [-0.25, -0.2) is 0 Å². The number of aromatic nitrogens is 2. The predicted molar refractivity (Wildman–Crippen MR) is 126 cm³/mol. The maximum atomic E-state index is 4.97. The molecule has 1 radical (unpaired) electrons. The van der Waals surface area contributed by atoms with Crippen molar-refractivity contribution >= 4 is 43.8 Å². The second-order valence-electron chi connectivity index (χ2n) is 9.10. The van der Waals surface area contributed by atoms with Gasteiger partial charge in [-0.3, -0.25) is 0 Å². The van der Waals surface area contributed by atoms with E-state index in [9.17, 15) is 0 Å². The molecule has 3 heterocycles. The molecular weight excluding hydrogens is 457 g/mol. The summed E-state index contributed by atoms with van der Waals surface area (Å²) >= 11 is 4.84. The fourth-order valence-electron chi connectivity index (χ4n) is 3.76. The molecule has 157 valence electrons. The summed E-state index contributed by atoms with van der Waals surface area (Å²) in [5, 5.41) is 8.51. The van der Waals surface area contributed by atoms with E-state index in [1.807, 2.05) is 0 Å². The molecule has 2 saturated carbocycles. The predicted octanol–water partition coefficient (Wildman–Crippen LogP) is 3.18. The first-order valence-electron chi connectivity index (χ1n) is 10.8. The van der Waals surface area contributed by atoms with Crippen LogP contribution in [0.15, 0.2) is 23.6 Å². The Morgan fingerprint density at radius 2 is 2.20 bits per heavy atom. The third-order valence-corrected chi connectivity index (χ3v) is 7.54. The summed E-state index contributed by atoms with van der Waals surface area (Å²) in [6.45, 7) is 11.6. The number of fused-ring (bicyclic) bond motifs is 1. The number of rotatable bonds is 5. The van der Waals surface area contributed by atoms with Crippen LogP contribution in [0.5, 0.6) is 0 Å². The van der Waals surface area contributed by atoms with E-state index in [-0.39, 0.29) is 5.54 Å². The quantitative estimate of drug-likeness (QED) is 0.387. The number of hydrogen-bond acceptors (Lipinski definition) is 5. The van der Waals surface area contributed by atoms with Gasteiger partial charge in [-0.1, -0.05) is 0 Å². The van der Waals surface area contributed by atoms with E-state index in [4.69, 9.17) is 5.10 Å². The standard InChI is InChI=1S/C23H28N5SSe/c1-15-14-27(11-10-24-15)21-13-18(29-26-23(3)8-9-23)12-20-22(16(2)30)19(25-28(20)21)7-6-17-4-5-17/h12-13,15,17,24,26H,2,4-5,8-11,14H2,1,3H3. The molecule has 2 N–H and O–H groups in total. The summed E-state index contributed by atoms with van der Waals surface area (Å²) in [6.07, 6.45) is 4.90. The Labute approximate surface area is 191 Å². The minimum absolute atomic E-state index is 0.270. The molecule has 0 bridgehead atoms. The summed E-state index contributed by atoms with van der Waals surface area (Å²) in [4.78, 5) is 3.65. The van der Waals surface area contributed by atoms with Crippen molar-refractivity contribution in [3.63, 3.8) is 0 Å². The fraction of sp³-hybridized carbons (Fsp3) is 0.522. The minimum atomic E-state index is 0.270. The summed E-state index contributed by atoms with van der Waals surface area (Å²) in [5.41, 5.74) is 3.21. The van der Waals surface area contributed by atoms with Gasteiger partial charge in [0, 0.05) is 0 Å². The van der Waals surface area contributed by atoms with Gasteiger partial charge in [0.25, 0.3) is 0 Å². The number of pyridine rings is 1. The SMILES string of the molecule is C=C([Se])c1c(C#CC2CC2)nn2c(N3CCNC(C)C3)cc(SNC3(C)CC3)cc12. The van der Waals surface area contributed by atoms with Crippen LogP contribution in [0.3, 0.4) is 0 Å². The van der Waals surface area contributed by atoms with Gasteiger partial charge in [-0.2, -0.15) is 0 Å². The van der Waals surface area contributed by atoms with Crippen molar-refractivity contribution in [1.82, 2.24) is 19.7 Å². The van der Waals surface area contributed by atoms with Crippen LogP contribution in [0.2, 0.25) is 0 Å². The van der Waals surface area contributed by atoms with E-state index in [1.54, 1.807) is 11.9 Å². The Kier molecular flexibility index (Phi) is 5.41. The van der Waals surface area contributed by atoms with Gasteiger partial charge >= 0.3 is 192 Å². The van der Waals surface area contributed by atoms with Gasteiger partial charge < -0.3 is 0 Å². The van der Waals surface area contributed by atoms with Crippen LogP contribution in [0, 0.1) is 17.8 Å². The third-order valence-electron chi connectivity index (χ3n) is 6.05. The van der Waals surface area contributed by atoms with E-state index >= 15 is 0 Å². The van der Waals surface area contributed by atoms with Crippen LogP contribution >= 0.6 is 11.9 Å². The van der Waals surface area contributed by atoms with E-state index in [0.29, 0.717) is 12.0 Å². The summed E-state index contributed by atoms with van der Waals surface area (Å²) in [6, 6.07) is 4.95. The topological polar surface area (TPSA) is 44.6 Å². The molecule has 5 rings (SSSR count). The molecule has 1 unspecified atom stereocenters. The van der Waals surface area contributed by atoms with Crippen molar-refractivity contribution in [2.75, 3.05) is 24.5 Å². The van der Waals surface area contributed by atoms with Crippen LogP contribution in [0.4, 0.5) is 5.82 Å². The van der Waals surface area contributed by atoms with Crippen LogP contribution in [-0.4, -0.2) is 56.8 Å². The van der Waals surface area contributed by atoms with Crippen molar-refractivity contribution in [1.29, 1.82) is 0 Å². The van der Waals surface area contributed by atoms with Gasteiger partial charge in [0.05, 0.1) is 0 Å². The van der Waals surface area contributed by atoms with E-state index in [0.717, 1.165) is 46.7 Å². The third kappa shape index (κ3) is 4.30. The van der Waals surface area contributed by atoms with Gasteiger partial charge in [-0.05, 0) is 0 Å². The van der Waals surface area contributed by atoms with E-state index in [1.165, 1.54) is 30.6 Å². The molecule has 7 heteroatoms. The number of piperazine rings is 1. The van der Waals surface area contributed by atoms with E-state index in [2.05, 4.69) is 79.9 Å². The van der Waals surface area contributed by atoms with Crippen LogP contribution in [-0.2, 0) is 0 Å². The Bertz CT molecular complexity index is 1060. The van der Waals surface area contributed by atoms with Crippen LogP contribution in [0.1, 0.15) is 50.8 Å². The molecule has 2 aromatic rings. The zero-order valence-corrected chi connectivity index (χ0v) is 20.2. The monoisotopic (exact) mass is 486 g/mol. The number of nitrogens with zero attached hydrogens (tertiary/aromatic N) is 3. The summed E-state index contributed by atoms with van der Waals surface area (Å²) in [7, 11) is 0. The van der Waals surface area contributed by atoms with Crippen molar-refractivity contribution in [2.45, 2.75) is 56.0 Å². The zero-order valence-electron chi connectivity index (χ0n) is 17.6. The van der Waals surface area contributed by atoms with Crippen molar-refractivity contribution in [2.24, 2.45) is 5.92 Å². The van der Waals surface area contributed by atoms with Gasteiger partial charge in [0.1, 0.15) is 0 Å². The van der Waals surface area contributed by atoms with Crippen LogP contribution in [0.25, 0.3) is 9.99 Å². The molecule has 0 amide bonds. The second kappa shape index (κ2) is 7.93. The van der Waals surface area contributed by atoms with E-state index < -0.39 is 0 Å². The molecule has 30 heavy (non-hydrogen) atoms. The molecule has 1 saturated heterocycles. The van der Waals surface area contributed by atoms with Gasteiger partial charge in [0.15, 0.2) is 0 Å². The molecule has 0 aromatic carbocycles. The normalized spacial score (nSPS) is 22.6. The average molecular weight is 486 g/mol. The summed E-state index contributed by atoms with van der Waals surface area (Å²) in [5.74, 6) is 8.41. The molecule has 0 spiro atoms. The first kappa shape index (κ1) is 20.5. The second-order valence-corrected chi connectivity index (χ2v) is 11.0. The first-order valence-corrected chi connectivity index (χ1v) is 12.5. The Morgan fingerprint density at radius 1 is 1.40 bits per heavy atom. The van der Waals surface area contributed by atoms with Crippen LogP contribution < -0.4 is 14.9 Å². The number of hydrogen-bond donors (Lipinski definition) is 2. The molecule has 3 aliphatic rings. The zero-order chi connectivity index (χ0) is 20.9. The van der Waals surface area contributed by atoms with Crippen molar-refractivity contribution in [3.05, 3.63) is 30.0 Å².